The Morgan fingerprint density at radius 1 is 1.06 bits per heavy atom. The summed E-state index contributed by atoms with van der Waals surface area (Å²) in [6.45, 7) is 11.6. The molecule has 2 nitrogen and oxygen atoms in total. The van der Waals surface area contributed by atoms with Crippen LogP contribution in [0.3, 0.4) is 0 Å². The molecule has 0 aliphatic carbocycles. The van der Waals surface area contributed by atoms with E-state index in [1.165, 1.54) is 25.2 Å². The van der Waals surface area contributed by atoms with Gasteiger partial charge in [-0.2, -0.15) is 0 Å². The highest BCUT2D eigenvalue weighted by atomic mass is 15.3. The maximum absolute atomic E-state index is 2.63. The van der Waals surface area contributed by atoms with Crippen molar-refractivity contribution >= 4 is 0 Å². The number of benzene rings is 1. The van der Waals surface area contributed by atoms with E-state index >= 15 is 0 Å². The lowest BCUT2D eigenvalue weighted by molar-refractivity contribution is 0.0356. The first-order valence-corrected chi connectivity index (χ1v) is 6.72. The Labute approximate surface area is 105 Å². The Kier molecular flexibility index (Phi) is 4.19. The summed E-state index contributed by atoms with van der Waals surface area (Å²) in [7, 11) is 0. The minimum Gasteiger partial charge on any atom is -0.301 e. The van der Waals surface area contributed by atoms with E-state index in [0.29, 0.717) is 12.1 Å². The van der Waals surface area contributed by atoms with Crippen molar-refractivity contribution in [3.8, 4) is 0 Å². The van der Waals surface area contributed by atoms with E-state index in [1.807, 2.05) is 0 Å². The standard InChI is InChI=1S/C15H24N2/c1-4-16-10-13(2)17(14(3)11-16)12-15-8-6-5-7-9-15/h5-9,13-14H,4,10-12H2,1-3H3/t13-,14+. The third-order valence-electron chi connectivity index (χ3n) is 3.83. The molecule has 0 amide bonds. The van der Waals surface area contributed by atoms with Gasteiger partial charge in [-0.15, -0.1) is 0 Å². The minimum atomic E-state index is 0.652. The van der Waals surface area contributed by atoms with Gasteiger partial charge in [-0.1, -0.05) is 37.3 Å². The van der Waals surface area contributed by atoms with Crippen LogP contribution in [0.15, 0.2) is 30.3 Å². The fraction of sp³-hybridized carbons (Fsp3) is 0.600. The van der Waals surface area contributed by atoms with Crippen molar-refractivity contribution in [1.29, 1.82) is 0 Å². The highest BCUT2D eigenvalue weighted by Crippen LogP contribution is 2.18. The quantitative estimate of drug-likeness (QED) is 0.790. The Morgan fingerprint density at radius 2 is 1.65 bits per heavy atom. The summed E-state index contributed by atoms with van der Waals surface area (Å²) in [5.74, 6) is 0. The van der Waals surface area contributed by atoms with E-state index in [-0.39, 0.29) is 0 Å². The molecular weight excluding hydrogens is 208 g/mol. The van der Waals surface area contributed by atoms with Gasteiger partial charge in [0.2, 0.25) is 0 Å². The topological polar surface area (TPSA) is 6.48 Å². The molecular formula is C15H24N2. The molecule has 2 atom stereocenters. The van der Waals surface area contributed by atoms with Gasteiger partial charge in [-0.25, -0.2) is 0 Å². The van der Waals surface area contributed by atoms with Crippen molar-refractivity contribution in [2.75, 3.05) is 19.6 Å². The predicted octanol–water partition coefficient (Wildman–Crippen LogP) is 2.60. The van der Waals surface area contributed by atoms with Gasteiger partial charge < -0.3 is 4.90 Å². The maximum Gasteiger partial charge on any atom is 0.0240 e. The molecule has 0 saturated carbocycles. The Morgan fingerprint density at radius 3 is 2.18 bits per heavy atom. The van der Waals surface area contributed by atoms with Gasteiger partial charge in [0, 0.05) is 31.7 Å². The van der Waals surface area contributed by atoms with Crippen molar-refractivity contribution in [2.45, 2.75) is 39.4 Å². The van der Waals surface area contributed by atoms with Crippen LogP contribution in [0.25, 0.3) is 0 Å². The number of hydrogen-bond acceptors (Lipinski definition) is 2. The van der Waals surface area contributed by atoms with Crippen LogP contribution in [-0.2, 0) is 6.54 Å². The monoisotopic (exact) mass is 232 g/mol. The van der Waals surface area contributed by atoms with E-state index in [4.69, 9.17) is 0 Å². The molecule has 1 aliphatic rings. The molecule has 94 valence electrons. The lowest BCUT2D eigenvalue weighted by Crippen LogP contribution is -2.55. The second-order valence-corrected chi connectivity index (χ2v) is 5.21. The summed E-state index contributed by atoms with van der Waals surface area (Å²) in [6.07, 6.45) is 0. The Hall–Kier alpha value is -0.860. The average molecular weight is 232 g/mol. The van der Waals surface area contributed by atoms with Crippen molar-refractivity contribution in [1.82, 2.24) is 9.80 Å². The highest BCUT2D eigenvalue weighted by molar-refractivity contribution is 5.15. The third-order valence-corrected chi connectivity index (χ3v) is 3.83. The zero-order chi connectivity index (χ0) is 12.3. The molecule has 0 unspecified atom stereocenters. The van der Waals surface area contributed by atoms with Gasteiger partial charge in [0.05, 0.1) is 0 Å². The van der Waals surface area contributed by atoms with Crippen LogP contribution in [0.5, 0.6) is 0 Å². The highest BCUT2D eigenvalue weighted by Gasteiger charge is 2.28. The third kappa shape index (κ3) is 3.08. The molecule has 1 fully saturated rings. The first kappa shape index (κ1) is 12.6. The molecule has 1 aromatic rings. The fourth-order valence-electron chi connectivity index (χ4n) is 2.83. The summed E-state index contributed by atoms with van der Waals surface area (Å²) < 4.78 is 0. The zero-order valence-electron chi connectivity index (χ0n) is 11.3. The van der Waals surface area contributed by atoms with Crippen LogP contribution in [-0.4, -0.2) is 41.5 Å². The van der Waals surface area contributed by atoms with Gasteiger partial charge >= 0.3 is 0 Å². The second kappa shape index (κ2) is 5.65. The SMILES string of the molecule is CCN1C[C@@H](C)N(Cc2ccccc2)[C@@H](C)C1. The van der Waals surface area contributed by atoms with E-state index in [1.54, 1.807) is 0 Å². The van der Waals surface area contributed by atoms with Crippen molar-refractivity contribution < 1.29 is 0 Å². The zero-order valence-corrected chi connectivity index (χ0v) is 11.3. The summed E-state index contributed by atoms with van der Waals surface area (Å²) >= 11 is 0. The van der Waals surface area contributed by atoms with Crippen LogP contribution < -0.4 is 0 Å². The van der Waals surface area contributed by atoms with Gasteiger partial charge in [0.25, 0.3) is 0 Å². The van der Waals surface area contributed by atoms with Crippen LogP contribution >= 0.6 is 0 Å². The van der Waals surface area contributed by atoms with Crippen LogP contribution in [0.4, 0.5) is 0 Å². The largest absolute Gasteiger partial charge is 0.301 e. The van der Waals surface area contributed by atoms with E-state index in [0.717, 1.165) is 6.54 Å². The minimum absolute atomic E-state index is 0.652. The van der Waals surface area contributed by atoms with Crippen molar-refractivity contribution in [2.24, 2.45) is 0 Å². The van der Waals surface area contributed by atoms with E-state index in [2.05, 4.69) is 60.9 Å². The summed E-state index contributed by atoms with van der Waals surface area (Å²) in [4.78, 5) is 5.18. The first-order valence-electron chi connectivity index (χ1n) is 6.72. The molecule has 0 aromatic heterocycles. The molecule has 0 radical (unpaired) electrons. The lowest BCUT2D eigenvalue weighted by atomic mass is 10.1. The van der Waals surface area contributed by atoms with Crippen molar-refractivity contribution in [3.05, 3.63) is 35.9 Å². The summed E-state index contributed by atoms with van der Waals surface area (Å²) in [5.41, 5.74) is 1.43. The lowest BCUT2D eigenvalue weighted by Gasteiger charge is -2.44. The average Bonchev–Trinajstić information content (AvgIpc) is 2.35. The molecule has 0 spiro atoms. The number of likely N-dealkylation sites (N-methyl/N-ethyl adjacent to an activating group) is 1. The smallest absolute Gasteiger partial charge is 0.0240 e. The number of piperazine rings is 1. The maximum atomic E-state index is 2.63. The molecule has 1 aliphatic heterocycles. The summed E-state index contributed by atoms with van der Waals surface area (Å²) in [5, 5.41) is 0. The van der Waals surface area contributed by atoms with Crippen LogP contribution in [0.1, 0.15) is 26.3 Å². The first-order chi connectivity index (χ1) is 8.20. The second-order valence-electron chi connectivity index (χ2n) is 5.21. The van der Waals surface area contributed by atoms with E-state index < -0.39 is 0 Å². The Bertz CT molecular complexity index is 324. The van der Waals surface area contributed by atoms with Crippen LogP contribution in [0, 0.1) is 0 Å². The number of rotatable bonds is 3. The predicted molar refractivity (Wildman–Crippen MR) is 73.0 cm³/mol. The molecule has 0 N–H and O–H groups in total. The van der Waals surface area contributed by atoms with Gasteiger partial charge in [-0.3, -0.25) is 4.90 Å². The molecule has 1 saturated heterocycles. The molecule has 2 heteroatoms. The number of nitrogens with zero attached hydrogens (tertiary/aromatic N) is 2. The van der Waals surface area contributed by atoms with Gasteiger partial charge in [-0.05, 0) is 26.0 Å². The summed E-state index contributed by atoms with van der Waals surface area (Å²) in [6, 6.07) is 12.1. The van der Waals surface area contributed by atoms with E-state index in [9.17, 15) is 0 Å². The molecule has 1 aromatic carbocycles. The Balaban J connectivity index is 2.01. The van der Waals surface area contributed by atoms with Gasteiger partial charge in [0.15, 0.2) is 0 Å². The fourth-order valence-corrected chi connectivity index (χ4v) is 2.83. The molecule has 2 rings (SSSR count). The number of hydrogen-bond donors (Lipinski definition) is 0. The molecule has 1 heterocycles. The normalized spacial score (nSPS) is 27.2. The van der Waals surface area contributed by atoms with Crippen LogP contribution in [0.2, 0.25) is 0 Å². The molecule has 17 heavy (non-hydrogen) atoms. The van der Waals surface area contributed by atoms with Crippen molar-refractivity contribution in [3.63, 3.8) is 0 Å². The molecule has 0 bridgehead atoms. The van der Waals surface area contributed by atoms with Gasteiger partial charge in [0.1, 0.15) is 0 Å².